The Labute approximate surface area is 241 Å². The molecule has 5 rings (SSSR count). The topological polar surface area (TPSA) is 132 Å². The molecule has 2 heterocycles. The first-order chi connectivity index (χ1) is 19.2. The van der Waals surface area contributed by atoms with Gasteiger partial charge in [0.15, 0.2) is 11.6 Å². The van der Waals surface area contributed by atoms with E-state index in [9.17, 15) is 8.42 Å². The maximum Gasteiger partial charge on any atom is 0.263 e. The Hall–Kier alpha value is -3.51. The summed E-state index contributed by atoms with van der Waals surface area (Å²) in [5.41, 5.74) is 6.89. The van der Waals surface area contributed by atoms with Crippen molar-refractivity contribution >= 4 is 44.9 Å². The normalized spacial score (nSPS) is 17.3. The number of hydrogen-bond acceptors (Lipinski definition) is 8. The number of anilines is 2. The van der Waals surface area contributed by atoms with Gasteiger partial charge >= 0.3 is 0 Å². The Balaban J connectivity index is 1.37. The van der Waals surface area contributed by atoms with E-state index in [4.69, 9.17) is 33.7 Å². The van der Waals surface area contributed by atoms with Crippen LogP contribution in [-0.2, 0) is 10.0 Å². The fourth-order valence-electron chi connectivity index (χ4n) is 4.38. The van der Waals surface area contributed by atoms with E-state index in [0.29, 0.717) is 17.2 Å². The van der Waals surface area contributed by atoms with Gasteiger partial charge in [-0.3, -0.25) is 4.72 Å². The third-order valence-electron chi connectivity index (χ3n) is 6.38. The molecule has 0 aliphatic heterocycles. The van der Waals surface area contributed by atoms with E-state index < -0.39 is 15.8 Å². The number of pyridine rings is 1. The average molecular weight is 604 g/mol. The van der Waals surface area contributed by atoms with Gasteiger partial charge < -0.3 is 15.8 Å². The summed E-state index contributed by atoms with van der Waals surface area (Å²) in [6, 6.07) is 13.7. The van der Waals surface area contributed by atoms with E-state index in [-0.39, 0.29) is 44.3 Å². The molecule has 4 aromatic rings. The number of halogens is 3. The van der Waals surface area contributed by atoms with Crippen molar-refractivity contribution in [2.24, 2.45) is 5.73 Å². The minimum Gasteiger partial charge on any atom is -0.434 e. The predicted octanol–water partition coefficient (Wildman–Crippen LogP) is 6.26. The zero-order valence-corrected chi connectivity index (χ0v) is 23.3. The van der Waals surface area contributed by atoms with Gasteiger partial charge in [0.05, 0.1) is 27.0 Å². The molecule has 0 amide bonds. The first-order valence-electron chi connectivity index (χ1n) is 12.4. The molecule has 2 aromatic heterocycles. The summed E-state index contributed by atoms with van der Waals surface area (Å²) < 4.78 is 48.8. The Morgan fingerprint density at radius 3 is 2.48 bits per heavy atom. The van der Waals surface area contributed by atoms with Crippen LogP contribution in [0.5, 0.6) is 11.6 Å². The molecule has 0 saturated heterocycles. The molecular weight excluding hydrogens is 578 g/mol. The minimum absolute atomic E-state index is 0.0234. The summed E-state index contributed by atoms with van der Waals surface area (Å²) >= 11 is 12.4. The quantitative estimate of drug-likeness (QED) is 0.215. The minimum atomic E-state index is -4.10. The molecule has 9 nitrogen and oxygen atoms in total. The number of aromatic nitrogens is 3. The van der Waals surface area contributed by atoms with Crippen LogP contribution in [0, 0.1) is 5.82 Å². The van der Waals surface area contributed by atoms with Crippen molar-refractivity contribution in [3.63, 3.8) is 0 Å². The third kappa shape index (κ3) is 6.44. The van der Waals surface area contributed by atoms with Crippen LogP contribution in [-0.4, -0.2) is 35.5 Å². The van der Waals surface area contributed by atoms with Gasteiger partial charge in [-0.1, -0.05) is 35.3 Å². The van der Waals surface area contributed by atoms with Crippen molar-refractivity contribution in [1.29, 1.82) is 0 Å². The number of nitrogens with two attached hydrogens (primary N) is 1. The van der Waals surface area contributed by atoms with Gasteiger partial charge in [0.1, 0.15) is 4.90 Å². The number of nitrogens with one attached hydrogen (secondary N) is 2. The van der Waals surface area contributed by atoms with Gasteiger partial charge in [-0.15, -0.1) is 0 Å². The molecule has 0 bridgehead atoms. The first-order valence-corrected chi connectivity index (χ1v) is 14.7. The number of sulfonamides is 1. The number of hydrogen-bond donors (Lipinski definition) is 3. The first kappa shape index (κ1) is 28.0. The molecule has 1 aliphatic rings. The van der Waals surface area contributed by atoms with Crippen LogP contribution in [0.15, 0.2) is 71.9 Å². The maximum absolute atomic E-state index is 15.2. The molecule has 208 valence electrons. The summed E-state index contributed by atoms with van der Waals surface area (Å²) in [6.45, 7) is 0. The zero-order valence-electron chi connectivity index (χ0n) is 21.0. The molecule has 0 radical (unpaired) electrons. The van der Waals surface area contributed by atoms with Gasteiger partial charge in [-0.2, -0.15) is 0 Å². The standard InChI is InChI=1S/C27H25Cl2FN6O3S/c28-20-5-1-2-6-24(20)40(37,38)36-18-14-21(29)25(22(30)15-18)39-26-19(4-3-12-32-26)23-11-13-33-27(35-23)34-17-9-7-16(31)8-10-17/h1-6,11-17,36H,7-10,31H2,(H,33,34,35). The Kier molecular flexibility index (Phi) is 8.36. The van der Waals surface area contributed by atoms with Crippen LogP contribution in [0.4, 0.5) is 16.0 Å². The smallest absolute Gasteiger partial charge is 0.263 e. The van der Waals surface area contributed by atoms with Gasteiger partial charge in [0.2, 0.25) is 11.8 Å². The highest BCUT2D eigenvalue weighted by Crippen LogP contribution is 2.38. The van der Waals surface area contributed by atoms with Gasteiger partial charge in [-0.05, 0) is 62.1 Å². The van der Waals surface area contributed by atoms with Crippen molar-refractivity contribution < 1.29 is 17.5 Å². The van der Waals surface area contributed by atoms with Gasteiger partial charge in [0.25, 0.3) is 10.0 Å². The molecule has 13 heteroatoms. The van der Waals surface area contributed by atoms with E-state index >= 15 is 4.39 Å². The summed E-state index contributed by atoms with van der Waals surface area (Å²) in [5.74, 6) is -0.720. The molecule has 1 aliphatic carbocycles. The summed E-state index contributed by atoms with van der Waals surface area (Å²) in [7, 11) is -4.10. The molecule has 0 atom stereocenters. The lowest BCUT2D eigenvalue weighted by molar-refractivity contribution is 0.410. The van der Waals surface area contributed by atoms with E-state index in [1.54, 1.807) is 30.5 Å². The summed E-state index contributed by atoms with van der Waals surface area (Å²) in [4.78, 5) is 13.0. The van der Waals surface area contributed by atoms with E-state index in [1.165, 1.54) is 30.5 Å². The van der Waals surface area contributed by atoms with Crippen LogP contribution in [0.3, 0.4) is 0 Å². The second-order valence-corrected chi connectivity index (χ2v) is 11.7. The zero-order chi connectivity index (χ0) is 28.3. The second-order valence-electron chi connectivity index (χ2n) is 9.28. The summed E-state index contributed by atoms with van der Waals surface area (Å²) in [6.07, 6.45) is 6.83. The molecule has 1 fully saturated rings. The van der Waals surface area contributed by atoms with Gasteiger partial charge in [0, 0.05) is 30.5 Å². The SMILES string of the molecule is NC1CCC(Nc2nccc(-c3cccnc3Oc3c(F)cc(NS(=O)(=O)c4ccccc4Cl)cc3Cl)n2)CC1. The fourth-order valence-corrected chi connectivity index (χ4v) is 6.18. The molecule has 4 N–H and O–H groups in total. The highest BCUT2D eigenvalue weighted by atomic mass is 35.5. The Bertz CT molecular complexity index is 1610. The maximum atomic E-state index is 15.2. The number of ether oxygens (including phenoxy) is 1. The molecule has 0 unspecified atom stereocenters. The largest absolute Gasteiger partial charge is 0.434 e. The number of rotatable bonds is 8. The number of benzene rings is 2. The number of nitrogens with zero attached hydrogens (tertiary/aromatic N) is 3. The van der Waals surface area contributed by atoms with Crippen molar-refractivity contribution in [3.8, 4) is 22.9 Å². The summed E-state index contributed by atoms with van der Waals surface area (Å²) in [5, 5.41) is 3.21. The van der Waals surface area contributed by atoms with Crippen LogP contribution < -0.4 is 20.5 Å². The highest BCUT2D eigenvalue weighted by Gasteiger charge is 2.22. The molecular formula is C27H25Cl2FN6O3S. The van der Waals surface area contributed by atoms with Crippen LogP contribution in [0.25, 0.3) is 11.3 Å². The Morgan fingerprint density at radius 1 is 0.950 bits per heavy atom. The van der Waals surface area contributed by atoms with Crippen molar-refractivity contribution in [1.82, 2.24) is 15.0 Å². The van der Waals surface area contributed by atoms with Crippen LogP contribution >= 0.6 is 23.2 Å². The lowest BCUT2D eigenvalue weighted by atomic mass is 9.92. The monoisotopic (exact) mass is 602 g/mol. The van der Waals surface area contributed by atoms with Crippen LogP contribution in [0.1, 0.15) is 25.7 Å². The van der Waals surface area contributed by atoms with E-state index in [0.717, 1.165) is 31.7 Å². The fraction of sp³-hybridized carbons (Fsp3) is 0.222. The van der Waals surface area contributed by atoms with E-state index in [2.05, 4.69) is 25.0 Å². The van der Waals surface area contributed by atoms with Crippen molar-refractivity contribution in [2.45, 2.75) is 42.7 Å². The molecule has 2 aromatic carbocycles. The average Bonchev–Trinajstić information content (AvgIpc) is 2.92. The van der Waals surface area contributed by atoms with Crippen LogP contribution in [0.2, 0.25) is 10.0 Å². The predicted molar refractivity (Wildman–Crippen MR) is 153 cm³/mol. The van der Waals surface area contributed by atoms with Gasteiger partial charge in [-0.25, -0.2) is 27.8 Å². The lowest BCUT2D eigenvalue weighted by Gasteiger charge is -2.26. The molecule has 1 saturated carbocycles. The highest BCUT2D eigenvalue weighted by molar-refractivity contribution is 7.92. The second kappa shape index (κ2) is 11.9. The Morgan fingerprint density at radius 2 is 1.73 bits per heavy atom. The van der Waals surface area contributed by atoms with E-state index in [1.807, 2.05) is 0 Å². The third-order valence-corrected chi connectivity index (χ3v) is 8.55. The lowest BCUT2D eigenvalue weighted by Crippen LogP contribution is -2.33. The molecule has 0 spiro atoms. The van der Waals surface area contributed by atoms with Crippen molar-refractivity contribution in [3.05, 3.63) is 82.9 Å². The van der Waals surface area contributed by atoms with Crippen molar-refractivity contribution in [2.75, 3.05) is 10.0 Å². The molecule has 40 heavy (non-hydrogen) atoms.